The largest absolute Gasteiger partial charge is 0.313 e. The van der Waals surface area contributed by atoms with E-state index in [9.17, 15) is 0 Å². The minimum Gasteiger partial charge on any atom is -0.313 e. The van der Waals surface area contributed by atoms with Gasteiger partial charge in [-0.1, -0.05) is 37.3 Å². The van der Waals surface area contributed by atoms with E-state index in [1.807, 2.05) is 0 Å². The Labute approximate surface area is 82.6 Å². The summed E-state index contributed by atoms with van der Waals surface area (Å²) in [7, 11) is 0. The summed E-state index contributed by atoms with van der Waals surface area (Å²) >= 11 is 0. The van der Waals surface area contributed by atoms with Crippen molar-refractivity contribution in [3.63, 3.8) is 0 Å². The number of allylic oxidation sites excluding steroid dienone is 1. The summed E-state index contributed by atoms with van der Waals surface area (Å²) in [4.78, 5) is 0. The number of hydrogen-bond acceptors (Lipinski definition) is 1. The summed E-state index contributed by atoms with van der Waals surface area (Å²) in [5, 5.41) is 3.47. The summed E-state index contributed by atoms with van der Waals surface area (Å²) in [5.74, 6) is 1.03. The molecule has 0 bridgehead atoms. The molecule has 0 unspecified atom stereocenters. The van der Waals surface area contributed by atoms with Crippen LogP contribution in [0.4, 0.5) is 0 Å². The smallest absolute Gasteiger partial charge is 0.0137 e. The quantitative estimate of drug-likeness (QED) is 0.507. The van der Waals surface area contributed by atoms with Gasteiger partial charge in [0.25, 0.3) is 0 Å². The first-order chi connectivity index (χ1) is 6.29. The molecule has 0 aromatic heterocycles. The predicted octanol–water partition coefficient (Wildman–Crippen LogP) is 3.12. The lowest BCUT2D eigenvalue weighted by atomic mass is 10.0. The van der Waals surface area contributed by atoms with Gasteiger partial charge in [0.2, 0.25) is 0 Å². The zero-order valence-electron chi connectivity index (χ0n) is 9.10. The standard InChI is InChI=1S/C12H23N/c1-11(2)7-9-13-10-8-12-5-3-4-6-12/h7,12-13H,3-6,8-10H2,1-2H3. The molecule has 0 heterocycles. The highest BCUT2D eigenvalue weighted by Gasteiger charge is 2.13. The fourth-order valence-electron chi connectivity index (χ4n) is 1.98. The van der Waals surface area contributed by atoms with Gasteiger partial charge in [0.05, 0.1) is 0 Å². The zero-order chi connectivity index (χ0) is 9.52. The van der Waals surface area contributed by atoms with Crippen molar-refractivity contribution in [1.29, 1.82) is 0 Å². The van der Waals surface area contributed by atoms with E-state index >= 15 is 0 Å². The van der Waals surface area contributed by atoms with Crippen molar-refractivity contribution in [3.8, 4) is 0 Å². The normalized spacial score (nSPS) is 17.7. The van der Waals surface area contributed by atoms with E-state index in [0.717, 1.165) is 12.5 Å². The second-order valence-corrected chi connectivity index (χ2v) is 4.42. The van der Waals surface area contributed by atoms with Gasteiger partial charge in [-0.15, -0.1) is 0 Å². The minimum absolute atomic E-state index is 1.03. The molecule has 1 aliphatic carbocycles. The van der Waals surface area contributed by atoms with Crippen molar-refractivity contribution in [2.45, 2.75) is 46.0 Å². The number of rotatable bonds is 5. The second-order valence-electron chi connectivity index (χ2n) is 4.42. The van der Waals surface area contributed by atoms with Crippen molar-refractivity contribution in [2.24, 2.45) is 5.92 Å². The Kier molecular flexibility index (Phi) is 5.14. The van der Waals surface area contributed by atoms with Gasteiger partial charge in [0.1, 0.15) is 0 Å². The zero-order valence-corrected chi connectivity index (χ0v) is 9.10. The lowest BCUT2D eigenvalue weighted by Crippen LogP contribution is -2.17. The highest BCUT2D eigenvalue weighted by molar-refractivity contribution is 4.94. The molecule has 1 N–H and O–H groups in total. The maximum atomic E-state index is 3.47. The molecule has 0 saturated heterocycles. The Morgan fingerprint density at radius 2 is 2.00 bits per heavy atom. The molecule has 0 aliphatic heterocycles. The van der Waals surface area contributed by atoms with Crippen LogP contribution >= 0.6 is 0 Å². The van der Waals surface area contributed by atoms with Gasteiger partial charge in [-0.3, -0.25) is 0 Å². The van der Waals surface area contributed by atoms with Crippen molar-refractivity contribution < 1.29 is 0 Å². The maximum absolute atomic E-state index is 3.47. The monoisotopic (exact) mass is 181 g/mol. The van der Waals surface area contributed by atoms with E-state index in [4.69, 9.17) is 0 Å². The molecular weight excluding hydrogens is 158 g/mol. The minimum atomic E-state index is 1.03. The molecule has 1 saturated carbocycles. The van der Waals surface area contributed by atoms with Crippen LogP contribution in [0.5, 0.6) is 0 Å². The summed E-state index contributed by atoms with van der Waals surface area (Å²) in [6, 6.07) is 0. The van der Waals surface area contributed by atoms with Crippen LogP contribution in [0.1, 0.15) is 46.0 Å². The van der Waals surface area contributed by atoms with Crippen LogP contribution in [0, 0.1) is 5.92 Å². The summed E-state index contributed by atoms with van der Waals surface area (Å²) in [5.41, 5.74) is 1.41. The molecule has 0 radical (unpaired) electrons. The maximum Gasteiger partial charge on any atom is 0.0137 e. The van der Waals surface area contributed by atoms with Crippen LogP contribution in [0.25, 0.3) is 0 Å². The first-order valence-electron chi connectivity index (χ1n) is 5.63. The van der Waals surface area contributed by atoms with Crippen molar-refractivity contribution >= 4 is 0 Å². The molecule has 0 amide bonds. The molecule has 0 aromatic rings. The Bertz CT molecular complexity index is 151. The van der Waals surface area contributed by atoms with Crippen LogP contribution in [-0.4, -0.2) is 13.1 Å². The van der Waals surface area contributed by atoms with Crippen LogP contribution in [0.15, 0.2) is 11.6 Å². The Hall–Kier alpha value is -0.300. The van der Waals surface area contributed by atoms with Gasteiger partial charge in [-0.2, -0.15) is 0 Å². The van der Waals surface area contributed by atoms with E-state index in [2.05, 4.69) is 25.2 Å². The topological polar surface area (TPSA) is 12.0 Å². The average Bonchev–Trinajstić information content (AvgIpc) is 2.55. The molecule has 0 spiro atoms. The fourth-order valence-corrected chi connectivity index (χ4v) is 1.98. The summed E-state index contributed by atoms with van der Waals surface area (Å²) in [6.07, 6.45) is 9.54. The highest BCUT2D eigenvalue weighted by Crippen LogP contribution is 2.26. The Balaban J connectivity index is 1.91. The molecule has 1 rings (SSSR count). The van der Waals surface area contributed by atoms with E-state index in [-0.39, 0.29) is 0 Å². The summed E-state index contributed by atoms with van der Waals surface area (Å²) in [6.45, 7) is 6.56. The van der Waals surface area contributed by atoms with Gasteiger partial charge in [-0.05, 0) is 32.7 Å². The van der Waals surface area contributed by atoms with E-state index in [0.29, 0.717) is 0 Å². The van der Waals surface area contributed by atoms with Crippen molar-refractivity contribution in [3.05, 3.63) is 11.6 Å². The molecule has 13 heavy (non-hydrogen) atoms. The van der Waals surface area contributed by atoms with Crippen molar-refractivity contribution in [1.82, 2.24) is 5.32 Å². The first kappa shape index (κ1) is 10.8. The van der Waals surface area contributed by atoms with E-state index in [1.165, 1.54) is 44.2 Å². The van der Waals surface area contributed by atoms with Crippen LogP contribution < -0.4 is 5.32 Å². The number of nitrogens with one attached hydrogen (secondary N) is 1. The average molecular weight is 181 g/mol. The molecule has 1 fully saturated rings. The molecule has 0 atom stereocenters. The van der Waals surface area contributed by atoms with Crippen LogP contribution in [0.3, 0.4) is 0 Å². The molecule has 1 heteroatoms. The highest BCUT2D eigenvalue weighted by atomic mass is 14.8. The third-order valence-corrected chi connectivity index (χ3v) is 2.86. The summed E-state index contributed by atoms with van der Waals surface area (Å²) < 4.78 is 0. The van der Waals surface area contributed by atoms with E-state index < -0.39 is 0 Å². The van der Waals surface area contributed by atoms with Gasteiger partial charge in [0.15, 0.2) is 0 Å². The third-order valence-electron chi connectivity index (χ3n) is 2.86. The van der Waals surface area contributed by atoms with Gasteiger partial charge < -0.3 is 5.32 Å². The SMILES string of the molecule is CC(C)=CCNCCC1CCCC1. The van der Waals surface area contributed by atoms with Crippen LogP contribution in [0.2, 0.25) is 0 Å². The Morgan fingerprint density at radius 3 is 2.62 bits per heavy atom. The Morgan fingerprint density at radius 1 is 1.31 bits per heavy atom. The molecular formula is C12H23N. The first-order valence-corrected chi connectivity index (χ1v) is 5.63. The molecule has 1 aliphatic rings. The second kappa shape index (κ2) is 6.20. The van der Waals surface area contributed by atoms with Gasteiger partial charge in [-0.25, -0.2) is 0 Å². The van der Waals surface area contributed by atoms with Gasteiger partial charge in [0, 0.05) is 6.54 Å². The third kappa shape index (κ3) is 5.09. The predicted molar refractivity (Wildman–Crippen MR) is 58.9 cm³/mol. The lowest BCUT2D eigenvalue weighted by molar-refractivity contribution is 0.485. The molecule has 0 aromatic carbocycles. The van der Waals surface area contributed by atoms with Gasteiger partial charge >= 0.3 is 0 Å². The van der Waals surface area contributed by atoms with E-state index in [1.54, 1.807) is 0 Å². The van der Waals surface area contributed by atoms with Crippen LogP contribution in [-0.2, 0) is 0 Å². The molecule has 1 nitrogen and oxygen atoms in total. The van der Waals surface area contributed by atoms with Crippen molar-refractivity contribution in [2.75, 3.05) is 13.1 Å². The number of hydrogen-bond donors (Lipinski definition) is 1. The lowest BCUT2D eigenvalue weighted by Gasteiger charge is -2.08. The fraction of sp³-hybridized carbons (Fsp3) is 0.833. The molecule has 76 valence electrons.